The first-order chi connectivity index (χ1) is 13.2. The molecule has 3 aromatic heterocycles. The van der Waals surface area contributed by atoms with E-state index in [-0.39, 0.29) is 11.1 Å². The lowest BCUT2D eigenvalue weighted by molar-refractivity contribution is 0.240. The van der Waals surface area contributed by atoms with Crippen molar-refractivity contribution in [3.05, 3.63) is 57.0 Å². The predicted octanol–water partition coefficient (Wildman–Crippen LogP) is 3.16. The maximum absolute atomic E-state index is 12.7. The van der Waals surface area contributed by atoms with Gasteiger partial charge in [-0.3, -0.25) is 14.4 Å². The molecule has 7 nitrogen and oxygen atoms in total. The Morgan fingerprint density at radius 3 is 2.71 bits per heavy atom. The average molecular weight is 381 g/mol. The minimum absolute atomic E-state index is 0.0507. The van der Waals surface area contributed by atoms with Gasteiger partial charge in [0.15, 0.2) is 11.6 Å². The topological polar surface area (TPSA) is 80.0 Å². The molecule has 4 heterocycles. The van der Waals surface area contributed by atoms with Crippen molar-refractivity contribution in [1.29, 1.82) is 0 Å². The largest absolute Gasteiger partial charge is 0.461 e. The summed E-state index contributed by atoms with van der Waals surface area (Å²) in [6.45, 7) is 12.9. The van der Waals surface area contributed by atoms with E-state index < -0.39 is 0 Å². The van der Waals surface area contributed by atoms with Crippen molar-refractivity contribution < 1.29 is 4.42 Å². The summed E-state index contributed by atoms with van der Waals surface area (Å²) in [5.74, 6) is 1.09. The fourth-order valence-corrected chi connectivity index (χ4v) is 3.93. The zero-order chi connectivity index (χ0) is 20.1. The van der Waals surface area contributed by atoms with Crippen LogP contribution in [-0.2, 0) is 25.0 Å². The normalized spacial score (nSPS) is 15.0. The first kappa shape index (κ1) is 18.7. The Hall–Kier alpha value is -2.67. The molecule has 0 bridgehead atoms. The minimum Gasteiger partial charge on any atom is -0.461 e. The van der Waals surface area contributed by atoms with Gasteiger partial charge in [-0.1, -0.05) is 0 Å². The highest BCUT2D eigenvalue weighted by molar-refractivity contribution is 5.47. The van der Waals surface area contributed by atoms with Crippen LogP contribution >= 0.6 is 0 Å². The van der Waals surface area contributed by atoms with Crippen molar-refractivity contribution in [3.8, 4) is 11.6 Å². The Kier molecular flexibility index (Phi) is 4.50. The minimum atomic E-state index is -0.0834. The highest BCUT2D eigenvalue weighted by Crippen LogP contribution is 2.25. The molecule has 1 N–H and O–H groups in total. The first-order valence-corrected chi connectivity index (χ1v) is 9.68. The van der Waals surface area contributed by atoms with Gasteiger partial charge in [-0.2, -0.15) is 5.10 Å². The van der Waals surface area contributed by atoms with E-state index in [1.54, 1.807) is 18.4 Å². The first-order valence-electron chi connectivity index (χ1n) is 9.68. The van der Waals surface area contributed by atoms with Crippen LogP contribution in [0.25, 0.3) is 11.6 Å². The molecule has 0 saturated heterocycles. The number of hydrogen-bond donors (Lipinski definition) is 1. The summed E-state index contributed by atoms with van der Waals surface area (Å²) < 4.78 is 7.47. The smallest absolute Gasteiger partial charge is 0.256 e. The SMILES string of the molecule is Cc1nn(C(C)(C)C)c(C)c1CN1CCc2nc(-c3ccco3)[nH]c(=O)c2C1. The molecule has 7 heteroatoms. The Morgan fingerprint density at radius 1 is 1.29 bits per heavy atom. The number of rotatable bonds is 3. The van der Waals surface area contributed by atoms with Crippen LogP contribution in [0, 0.1) is 13.8 Å². The zero-order valence-electron chi connectivity index (χ0n) is 17.2. The van der Waals surface area contributed by atoms with Crippen LogP contribution in [0.3, 0.4) is 0 Å². The summed E-state index contributed by atoms with van der Waals surface area (Å²) >= 11 is 0. The standard InChI is InChI=1S/C21H27N5O2/c1-13-15(14(2)26(24-13)21(3,4)5)11-25-9-8-17-16(12-25)20(27)23-19(22-17)18-7-6-10-28-18/h6-7,10H,8-9,11-12H2,1-5H3,(H,22,23,27). The van der Waals surface area contributed by atoms with E-state index >= 15 is 0 Å². The lowest BCUT2D eigenvalue weighted by Gasteiger charge is -2.28. The maximum Gasteiger partial charge on any atom is 0.256 e. The van der Waals surface area contributed by atoms with E-state index in [0.717, 1.165) is 36.5 Å². The van der Waals surface area contributed by atoms with E-state index in [1.807, 2.05) is 0 Å². The number of H-pyrrole nitrogens is 1. The number of fused-ring (bicyclic) bond motifs is 1. The number of aryl methyl sites for hydroxylation is 1. The Bertz CT molecular complexity index is 1050. The maximum atomic E-state index is 12.7. The molecule has 0 aliphatic carbocycles. The summed E-state index contributed by atoms with van der Waals surface area (Å²) in [6.07, 6.45) is 2.33. The number of aromatic amines is 1. The Morgan fingerprint density at radius 2 is 2.07 bits per heavy atom. The molecule has 0 aromatic carbocycles. The average Bonchev–Trinajstić information content (AvgIpc) is 3.26. The zero-order valence-corrected chi connectivity index (χ0v) is 17.2. The molecular formula is C21H27N5O2. The third-order valence-corrected chi connectivity index (χ3v) is 5.36. The molecule has 1 aliphatic heterocycles. The van der Waals surface area contributed by atoms with Crippen LogP contribution in [0.4, 0.5) is 0 Å². The molecule has 0 radical (unpaired) electrons. The molecule has 28 heavy (non-hydrogen) atoms. The van der Waals surface area contributed by atoms with Gasteiger partial charge in [0.1, 0.15) is 0 Å². The van der Waals surface area contributed by atoms with Gasteiger partial charge < -0.3 is 9.40 Å². The Labute approximate surface area is 164 Å². The van der Waals surface area contributed by atoms with Gasteiger partial charge in [-0.05, 0) is 46.8 Å². The summed E-state index contributed by atoms with van der Waals surface area (Å²) in [5, 5.41) is 4.75. The van der Waals surface area contributed by atoms with Crippen LogP contribution < -0.4 is 5.56 Å². The van der Waals surface area contributed by atoms with Crippen molar-refractivity contribution in [2.45, 2.75) is 59.7 Å². The van der Waals surface area contributed by atoms with Crippen molar-refractivity contribution in [3.63, 3.8) is 0 Å². The molecule has 4 rings (SSSR count). The van der Waals surface area contributed by atoms with Crippen molar-refractivity contribution in [2.75, 3.05) is 6.54 Å². The van der Waals surface area contributed by atoms with Gasteiger partial charge in [0, 0.05) is 37.3 Å². The second-order valence-corrected chi connectivity index (χ2v) is 8.51. The van der Waals surface area contributed by atoms with Gasteiger partial charge in [0.05, 0.1) is 28.8 Å². The summed E-state index contributed by atoms with van der Waals surface area (Å²) in [4.78, 5) is 22.5. The van der Waals surface area contributed by atoms with Gasteiger partial charge >= 0.3 is 0 Å². The molecule has 0 unspecified atom stereocenters. The van der Waals surface area contributed by atoms with Crippen LogP contribution in [0.15, 0.2) is 27.6 Å². The summed E-state index contributed by atoms with van der Waals surface area (Å²) in [5.41, 5.74) is 4.97. The monoisotopic (exact) mass is 381 g/mol. The third-order valence-electron chi connectivity index (χ3n) is 5.36. The highest BCUT2D eigenvalue weighted by atomic mass is 16.3. The van der Waals surface area contributed by atoms with E-state index in [1.165, 1.54) is 11.3 Å². The van der Waals surface area contributed by atoms with Gasteiger partial charge in [0.25, 0.3) is 5.56 Å². The molecule has 0 atom stereocenters. The number of nitrogens with one attached hydrogen (secondary N) is 1. The van der Waals surface area contributed by atoms with Crippen molar-refractivity contribution in [2.24, 2.45) is 0 Å². The summed E-state index contributed by atoms with van der Waals surface area (Å²) in [6, 6.07) is 3.59. The van der Waals surface area contributed by atoms with Crippen molar-refractivity contribution >= 4 is 0 Å². The lowest BCUT2D eigenvalue weighted by Crippen LogP contribution is -2.35. The third kappa shape index (κ3) is 3.30. The predicted molar refractivity (Wildman–Crippen MR) is 107 cm³/mol. The van der Waals surface area contributed by atoms with E-state index in [2.05, 4.69) is 54.2 Å². The van der Waals surface area contributed by atoms with Crippen molar-refractivity contribution in [1.82, 2.24) is 24.6 Å². The molecule has 0 spiro atoms. The molecule has 0 fully saturated rings. The molecule has 0 saturated carbocycles. The van der Waals surface area contributed by atoms with Gasteiger partial charge in [0.2, 0.25) is 0 Å². The number of furan rings is 1. The molecular weight excluding hydrogens is 354 g/mol. The van der Waals surface area contributed by atoms with E-state index in [0.29, 0.717) is 18.1 Å². The van der Waals surface area contributed by atoms with E-state index in [4.69, 9.17) is 9.52 Å². The quantitative estimate of drug-likeness (QED) is 0.754. The van der Waals surface area contributed by atoms with E-state index in [9.17, 15) is 4.79 Å². The van der Waals surface area contributed by atoms with Crippen LogP contribution in [-0.4, -0.2) is 31.2 Å². The molecule has 148 valence electrons. The Balaban J connectivity index is 1.59. The second kappa shape index (κ2) is 6.74. The van der Waals surface area contributed by atoms with Crippen LogP contribution in [0.2, 0.25) is 0 Å². The number of hydrogen-bond acceptors (Lipinski definition) is 5. The molecule has 1 aliphatic rings. The lowest BCUT2D eigenvalue weighted by atomic mass is 10.0. The van der Waals surface area contributed by atoms with Crippen LogP contribution in [0.5, 0.6) is 0 Å². The molecule has 0 amide bonds. The summed E-state index contributed by atoms with van der Waals surface area (Å²) in [7, 11) is 0. The van der Waals surface area contributed by atoms with Crippen LogP contribution in [0.1, 0.15) is 49.0 Å². The fraction of sp³-hybridized carbons (Fsp3) is 0.476. The number of nitrogens with zero attached hydrogens (tertiary/aromatic N) is 4. The highest BCUT2D eigenvalue weighted by Gasteiger charge is 2.25. The van der Waals surface area contributed by atoms with Gasteiger partial charge in [-0.25, -0.2) is 4.98 Å². The fourth-order valence-electron chi connectivity index (χ4n) is 3.93. The molecule has 3 aromatic rings. The second-order valence-electron chi connectivity index (χ2n) is 8.51. The number of aromatic nitrogens is 4. The van der Waals surface area contributed by atoms with Gasteiger partial charge in [-0.15, -0.1) is 0 Å².